The second-order valence-corrected chi connectivity index (χ2v) is 7.92. The summed E-state index contributed by atoms with van der Waals surface area (Å²) in [5, 5.41) is 0.175. The molecule has 1 aliphatic heterocycles. The number of amides is 2. The Kier molecular flexibility index (Phi) is 5.24. The fourth-order valence-electron chi connectivity index (χ4n) is 3.04. The first-order valence-electron chi connectivity index (χ1n) is 7.46. The minimum atomic E-state index is -0.186. The first-order chi connectivity index (χ1) is 9.51. The molecule has 2 aliphatic rings. The molecule has 2 rings (SSSR count). The van der Waals surface area contributed by atoms with Gasteiger partial charge in [0.2, 0.25) is 11.8 Å². The van der Waals surface area contributed by atoms with Gasteiger partial charge in [-0.05, 0) is 36.9 Å². The maximum atomic E-state index is 12.3. The highest BCUT2D eigenvalue weighted by Gasteiger charge is 2.40. The molecule has 0 aromatic heterocycles. The van der Waals surface area contributed by atoms with E-state index in [0.717, 1.165) is 32.0 Å². The van der Waals surface area contributed by atoms with Crippen molar-refractivity contribution in [2.24, 2.45) is 11.8 Å². The average Bonchev–Trinajstić information content (AvgIpc) is 2.66. The fraction of sp³-hybridized carbons (Fsp3) is 0.800. The van der Waals surface area contributed by atoms with Crippen molar-refractivity contribution in [2.45, 2.75) is 56.5 Å². The van der Waals surface area contributed by atoms with Crippen molar-refractivity contribution in [3.63, 3.8) is 0 Å². The monoisotopic (exact) mass is 297 g/mol. The molecule has 1 atom stereocenters. The van der Waals surface area contributed by atoms with Crippen LogP contribution in [0.1, 0.15) is 46.0 Å². The maximum absolute atomic E-state index is 12.3. The lowest BCUT2D eigenvalue weighted by Gasteiger charge is -2.28. The third kappa shape index (κ3) is 3.62. The summed E-state index contributed by atoms with van der Waals surface area (Å²) < 4.78 is 0. The van der Waals surface area contributed by atoms with Gasteiger partial charge in [0.25, 0.3) is 0 Å². The van der Waals surface area contributed by atoms with Crippen LogP contribution in [0.15, 0.2) is 0 Å². The summed E-state index contributed by atoms with van der Waals surface area (Å²) in [5.74, 6) is 0.527. The number of carbonyl (C=O) groups is 3. The second kappa shape index (κ2) is 6.74. The predicted molar refractivity (Wildman–Crippen MR) is 79.4 cm³/mol. The Hall–Kier alpha value is -0.840. The number of carbonyl (C=O) groups excluding carboxylic acids is 3. The van der Waals surface area contributed by atoms with Gasteiger partial charge in [-0.15, -0.1) is 11.8 Å². The second-order valence-electron chi connectivity index (χ2n) is 6.14. The predicted octanol–water partition coefficient (Wildman–Crippen LogP) is 2.26. The lowest BCUT2D eigenvalue weighted by atomic mass is 9.82. The molecule has 4 nitrogen and oxygen atoms in total. The van der Waals surface area contributed by atoms with Crippen LogP contribution in [0.25, 0.3) is 0 Å². The van der Waals surface area contributed by atoms with E-state index in [9.17, 15) is 14.4 Å². The van der Waals surface area contributed by atoms with Crippen LogP contribution >= 0.6 is 11.8 Å². The van der Waals surface area contributed by atoms with E-state index in [1.54, 1.807) is 11.8 Å². The summed E-state index contributed by atoms with van der Waals surface area (Å²) in [4.78, 5) is 36.5. The van der Waals surface area contributed by atoms with Gasteiger partial charge < -0.3 is 4.79 Å². The van der Waals surface area contributed by atoms with E-state index in [4.69, 9.17) is 0 Å². The van der Waals surface area contributed by atoms with E-state index in [1.807, 2.05) is 13.8 Å². The molecule has 1 saturated carbocycles. The van der Waals surface area contributed by atoms with Gasteiger partial charge in [-0.1, -0.05) is 13.8 Å². The van der Waals surface area contributed by atoms with Crippen LogP contribution < -0.4 is 0 Å². The first kappa shape index (κ1) is 15.5. The minimum Gasteiger partial charge on any atom is -0.303 e. The highest BCUT2D eigenvalue weighted by Crippen LogP contribution is 2.32. The number of aldehydes is 1. The van der Waals surface area contributed by atoms with Crippen molar-refractivity contribution in [2.75, 3.05) is 6.54 Å². The van der Waals surface area contributed by atoms with Gasteiger partial charge in [-0.3, -0.25) is 14.5 Å². The Morgan fingerprint density at radius 2 is 1.90 bits per heavy atom. The number of imide groups is 1. The summed E-state index contributed by atoms with van der Waals surface area (Å²) in [6.45, 7) is 4.65. The zero-order chi connectivity index (χ0) is 14.7. The van der Waals surface area contributed by atoms with Crippen LogP contribution in [0.3, 0.4) is 0 Å². The SMILES string of the molecule is CC(C)SC1CC(=O)N(CC2CCC(C=O)CC2)C1=O. The highest BCUT2D eigenvalue weighted by atomic mass is 32.2. The lowest BCUT2D eigenvalue weighted by molar-refractivity contribution is -0.139. The van der Waals surface area contributed by atoms with Crippen LogP contribution in [-0.4, -0.2) is 40.0 Å². The van der Waals surface area contributed by atoms with Gasteiger partial charge in [-0.25, -0.2) is 0 Å². The first-order valence-corrected chi connectivity index (χ1v) is 8.40. The maximum Gasteiger partial charge on any atom is 0.242 e. The number of likely N-dealkylation sites (tertiary alicyclic amines) is 1. The fourth-order valence-corrected chi connectivity index (χ4v) is 4.18. The lowest BCUT2D eigenvalue weighted by Crippen LogP contribution is -2.37. The summed E-state index contributed by atoms with van der Waals surface area (Å²) in [7, 11) is 0. The number of hydrogen-bond donors (Lipinski definition) is 0. The van der Waals surface area contributed by atoms with Crippen LogP contribution in [-0.2, 0) is 14.4 Å². The Bertz CT molecular complexity index is 389. The van der Waals surface area contributed by atoms with Crippen molar-refractivity contribution in [3.05, 3.63) is 0 Å². The molecular weight excluding hydrogens is 274 g/mol. The number of nitrogens with zero attached hydrogens (tertiary/aromatic N) is 1. The number of thioether (sulfide) groups is 1. The van der Waals surface area contributed by atoms with E-state index >= 15 is 0 Å². The summed E-state index contributed by atoms with van der Waals surface area (Å²) in [6, 6.07) is 0. The molecule has 2 fully saturated rings. The Labute approximate surface area is 124 Å². The molecule has 0 spiro atoms. The minimum absolute atomic E-state index is 0.00814. The summed E-state index contributed by atoms with van der Waals surface area (Å²) in [6.07, 6.45) is 5.08. The van der Waals surface area contributed by atoms with Gasteiger partial charge >= 0.3 is 0 Å². The molecule has 0 N–H and O–H groups in total. The molecule has 0 aromatic carbocycles. The molecule has 1 heterocycles. The van der Waals surface area contributed by atoms with Crippen molar-refractivity contribution >= 4 is 29.9 Å². The smallest absolute Gasteiger partial charge is 0.242 e. The molecule has 112 valence electrons. The molecule has 1 aliphatic carbocycles. The van der Waals surface area contributed by atoms with Gasteiger partial charge in [0, 0.05) is 18.9 Å². The van der Waals surface area contributed by atoms with Crippen LogP contribution in [0.5, 0.6) is 0 Å². The molecule has 20 heavy (non-hydrogen) atoms. The van der Waals surface area contributed by atoms with E-state index < -0.39 is 0 Å². The summed E-state index contributed by atoms with van der Waals surface area (Å²) in [5.41, 5.74) is 0. The Morgan fingerprint density at radius 1 is 1.25 bits per heavy atom. The van der Waals surface area contributed by atoms with E-state index in [-0.39, 0.29) is 23.0 Å². The molecule has 5 heteroatoms. The van der Waals surface area contributed by atoms with Crippen molar-refractivity contribution in [3.8, 4) is 0 Å². The van der Waals surface area contributed by atoms with Crippen LogP contribution in [0, 0.1) is 11.8 Å². The zero-order valence-electron chi connectivity index (χ0n) is 12.2. The van der Waals surface area contributed by atoms with Crippen LogP contribution in [0.2, 0.25) is 0 Å². The molecule has 0 bridgehead atoms. The standard InChI is InChI=1S/C15H23NO3S/c1-10(2)20-13-7-14(18)16(15(13)19)8-11-3-5-12(9-17)6-4-11/h9-13H,3-8H2,1-2H3. The van der Waals surface area contributed by atoms with Crippen molar-refractivity contribution < 1.29 is 14.4 Å². The zero-order valence-corrected chi connectivity index (χ0v) is 13.0. The normalized spacial score (nSPS) is 31.1. The molecule has 0 radical (unpaired) electrons. The average molecular weight is 297 g/mol. The third-order valence-electron chi connectivity index (χ3n) is 4.16. The summed E-state index contributed by atoms with van der Waals surface area (Å²) >= 11 is 1.59. The van der Waals surface area contributed by atoms with Gasteiger partial charge in [-0.2, -0.15) is 0 Å². The van der Waals surface area contributed by atoms with E-state index in [0.29, 0.717) is 24.1 Å². The van der Waals surface area contributed by atoms with Crippen molar-refractivity contribution in [1.82, 2.24) is 4.90 Å². The Balaban J connectivity index is 1.88. The molecular formula is C15H23NO3S. The highest BCUT2D eigenvalue weighted by molar-refractivity contribution is 8.01. The topological polar surface area (TPSA) is 54.5 Å². The number of rotatable bonds is 5. The van der Waals surface area contributed by atoms with E-state index in [2.05, 4.69) is 0 Å². The van der Waals surface area contributed by atoms with Gasteiger partial charge in [0.05, 0.1) is 5.25 Å². The Morgan fingerprint density at radius 3 is 2.45 bits per heavy atom. The van der Waals surface area contributed by atoms with Crippen molar-refractivity contribution in [1.29, 1.82) is 0 Å². The number of hydrogen-bond acceptors (Lipinski definition) is 4. The molecule has 1 unspecified atom stereocenters. The largest absolute Gasteiger partial charge is 0.303 e. The van der Waals surface area contributed by atoms with E-state index in [1.165, 1.54) is 4.90 Å². The van der Waals surface area contributed by atoms with Crippen LogP contribution in [0.4, 0.5) is 0 Å². The third-order valence-corrected chi connectivity index (χ3v) is 5.40. The quantitative estimate of drug-likeness (QED) is 0.577. The van der Waals surface area contributed by atoms with Gasteiger partial charge in [0.1, 0.15) is 6.29 Å². The molecule has 1 saturated heterocycles. The van der Waals surface area contributed by atoms with Gasteiger partial charge in [0.15, 0.2) is 0 Å². The molecule has 2 amide bonds. The molecule has 0 aromatic rings.